The molecule has 2 heterocycles. The van der Waals surface area contributed by atoms with Gasteiger partial charge in [-0.15, -0.1) is 0 Å². The van der Waals surface area contributed by atoms with Crippen molar-refractivity contribution in [3.63, 3.8) is 0 Å². The van der Waals surface area contributed by atoms with Gasteiger partial charge in [-0.1, -0.05) is 30.3 Å². The fourth-order valence-corrected chi connectivity index (χ4v) is 3.04. The Kier molecular flexibility index (Phi) is 7.44. The molecule has 3 N–H and O–H groups in total. The number of aromatic nitrogens is 2. The van der Waals surface area contributed by atoms with E-state index in [9.17, 15) is 18.0 Å². The second kappa shape index (κ2) is 10.2. The zero-order valence-electron chi connectivity index (χ0n) is 16.9. The molecule has 1 aliphatic rings. The number of aliphatic carboxylic acids is 1. The third-order valence-corrected chi connectivity index (χ3v) is 4.65. The summed E-state index contributed by atoms with van der Waals surface area (Å²) >= 11 is 0. The summed E-state index contributed by atoms with van der Waals surface area (Å²) in [5.41, 5.74) is 3.26. The Balaban J connectivity index is 0.000000360. The number of carbonyl (C=O) groups excluding carboxylic acids is 1. The number of alkyl halides is 3. The third-order valence-electron chi connectivity index (χ3n) is 4.65. The zero-order valence-corrected chi connectivity index (χ0v) is 16.9. The van der Waals surface area contributed by atoms with Crippen LogP contribution >= 0.6 is 0 Å². The van der Waals surface area contributed by atoms with Crippen LogP contribution in [0.1, 0.15) is 16.1 Å². The summed E-state index contributed by atoms with van der Waals surface area (Å²) in [4.78, 5) is 23.7. The number of nitrogens with zero attached hydrogens (tertiary/aromatic N) is 2. The highest BCUT2D eigenvalue weighted by molar-refractivity contribution is 6.11. The number of halogens is 3. The first kappa shape index (κ1) is 23.2. The lowest BCUT2D eigenvalue weighted by atomic mass is 10.1. The van der Waals surface area contributed by atoms with Gasteiger partial charge in [0.05, 0.1) is 18.7 Å². The van der Waals surface area contributed by atoms with E-state index in [1.54, 1.807) is 0 Å². The lowest BCUT2D eigenvalue weighted by Crippen LogP contribution is -2.35. The Morgan fingerprint density at radius 3 is 2.34 bits per heavy atom. The van der Waals surface area contributed by atoms with Crippen molar-refractivity contribution in [1.29, 1.82) is 0 Å². The van der Waals surface area contributed by atoms with Crippen LogP contribution in [0.4, 0.5) is 18.9 Å². The van der Waals surface area contributed by atoms with Crippen molar-refractivity contribution in [2.24, 2.45) is 0 Å². The van der Waals surface area contributed by atoms with Crippen LogP contribution in [-0.2, 0) is 16.1 Å². The number of hydrogen-bond donors (Lipinski definition) is 3. The average molecular weight is 450 g/mol. The van der Waals surface area contributed by atoms with Crippen molar-refractivity contribution in [3.8, 4) is 0 Å². The average Bonchev–Trinajstić information content (AvgIpc) is 3.20. The molecule has 0 unspecified atom stereocenters. The van der Waals surface area contributed by atoms with Crippen LogP contribution in [0.5, 0.6) is 0 Å². The van der Waals surface area contributed by atoms with Gasteiger partial charge in [0.25, 0.3) is 5.91 Å². The Bertz CT molecular complexity index is 1060. The highest BCUT2D eigenvalue weighted by Gasteiger charge is 2.38. The van der Waals surface area contributed by atoms with E-state index in [4.69, 9.17) is 14.6 Å². The summed E-state index contributed by atoms with van der Waals surface area (Å²) in [6.45, 7) is 4.43. The number of benzene rings is 2. The molecule has 1 saturated heterocycles. The molecule has 4 rings (SSSR count). The number of ether oxygens (including phenoxy) is 1. The molecule has 11 heteroatoms. The van der Waals surface area contributed by atoms with Gasteiger partial charge in [0, 0.05) is 30.7 Å². The molecule has 3 aromatic rings. The van der Waals surface area contributed by atoms with Gasteiger partial charge in [-0.25, -0.2) is 4.79 Å². The van der Waals surface area contributed by atoms with Crippen molar-refractivity contribution in [2.45, 2.75) is 12.7 Å². The lowest BCUT2D eigenvalue weighted by Gasteiger charge is -2.26. The van der Waals surface area contributed by atoms with E-state index in [1.165, 1.54) is 5.56 Å². The van der Waals surface area contributed by atoms with Gasteiger partial charge in [-0.3, -0.25) is 14.8 Å². The Morgan fingerprint density at radius 1 is 1.09 bits per heavy atom. The molecule has 2 aromatic carbocycles. The van der Waals surface area contributed by atoms with Crippen LogP contribution in [-0.4, -0.2) is 64.6 Å². The van der Waals surface area contributed by atoms with Crippen LogP contribution in [0.15, 0.2) is 48.5 Å². The summed E-state index contributed by atoms with van der Waals surface area (Å²) in [6, 6.07) is 15.6. The summed E-state index contributed by atoms with van der Waals surface area (Å²) in [5, 5.41) is 17.9. The molecular weight excluding hydrogens is 429 g/mol. The first-order valence-electron chi connectivity index (χ1n) is 9.67. The van der Waals surface area contributed by atoms with Crippen molar-refractivity contribution in [2.75, 3.05) is 31.6 Å². The molecule has 1 amide bonds. The van der Waals surface area contributed by atoms with E-state index in [1.807, 2.05) is 48.5 Å². The molecule has 0 aliphatic carbocycles. The van der Waals surface area contributed by atoms with E-state index in [0.29, 0.717) is 5.69 Å². The molecule has 1 aromatic heterocycles. The fourth-order valence-electron chi connectivity index (χ4n) is 3.04. The number of carboxylic acid groups (broad SMARTS) is 1. The number of fused-ring (bicyclic) bond motifs is 1. The van der Waals surface area contributed by atoms with Gasteiger partial charge >= 0.3 is 12.1 Å². The van der Waals surface area contributed by atoms with Crippen LogP contribution in [0.2, 0.25) is 0 Å². The number of nitrogens with one attached hydrogen (secondary N) is 2. The second-order valence-corrected chi connectivity index (χ2v) is 6.96. The van der Waals surface area contributed by atoms with Crippen molar-refractivity contribution >= 4 is 28.5 Å². The minimum absolute atomic E-state index is 0.210. The predicted molar refractivity (Wildman–Crippen MR) is 110 cm³/mol. The minimum atomic E-state index is -5.08. The number of hydrogen-bond acceptors (Lipinski definition) is 5. The highest BCUT2D eigenvalue weighted by atomic mass is 19.4. The maximum absolute atomic E-state index is 12.5. The number of H-pyrrole nitrogens is 1. The molecule has 0 bridgehead atoms. The molecule has 0 atom stereocenters. The summed E-state index contributed by atoms with van der Waals surface area (Å²) in [7, 11) is 0. The summed E-state index contributed by atoms with van der Waals surface area (Å²) in [5.74, 6) is -2.97. The third kappa shape index (κ3) is 6.28. The molecule has 32 heavy (non-hydrogen) atoms. The molecule has 0 spiro atoms. The van der Waals surface area contributed by atoms with Crippen molar-refractivity contribution < 1.29 is 32.6 Å². The molecule has 0 radical (unpaired) electrons. The maximum atomic E-state index is 12.5. The van der Waals surface area contributed by atoms with E-state index in [0.717, 1.165) is 49.4 Å². The standard InChI is InChI=1S/C19H20N4O2.C2HF3O2/c24-19(18-16-3-1-2-4-17(16)21-22-18)20-15-7-5-14(6-8-15)13-23-9-11-25-12-10-23;3-2(4,5)1(6)7/h1-8H,9-13H2,(H,20,24)(H,21,22);(H,6,7). The van der Waals surface area contributed by atoms with Gasteiger partial charge < -0.3 is 15.2 Å². The Morgan fingerprint density at radius 2 is 1.72 bits per heavy atom. The number of carbonyl (C=O) groups is 2. The zero-order chi connectivity index (χ0) is 23.1. The fraction of sp³-hybridized carbons (Fsp3) is 0.286. The van der Waals surface area contributed by atoms with Crippen LogP contribution in [0, 0.1) is 0 Å². The van der Waals surface area contributed by atoms with Gasteiger partial charge in [-0.05, 0) is 23.8 Å². The largest absolute Gasteiger partial charge is 0.490 e. The van der Waals surface area contributed by atoms with Gasteiger partial charge in [-0.2, -0.15) is 18.3 Å². The first-order valence-corrected chi connectivity index (χ1v) is 9.67. The summed E-state index contributed by atoms with van der Waals surface area (Å²) in [6.07, 6.45) is -5.08. The SMILES string of the molecule is O=C(Nc1ccc(CN2CCOCC2)cc1)c1n[nH]c2ccccc12.O=C(O)C(F)(F)F. The number of amides is 1. The quantitative estimate of drug-likeness (QED) is 0.563. The van der Waals surface area contributed by atoms with Crippen molar-refractivity contribution in [3.05, 3.63) is 59.8 Å². The topological polar surface area (TPSA) is 108 Å². The second-order valence-electron chi connectivity index (χ2n) is 6.96. The maximum Gasteiger partial charge on any atom is 0.490 e. The number of morpholine rings is 1. The number of aromatic amines is 1. The normalized spacial score (nSPS) is 14.5. The minimum Gasteiger partial charge on any atom is -0.475 e. The highest BCUT2D eigenvalue weighted by Crippen LogP contribution is 2.18. The Hall–Kier alpha value is -3.44. The van der Waals surface area contributed by atoms with Crippen LogP contribution < -0.4 is 5.32 Å². The van der Waals surface area contributed by atoms with Crippen LogP contribution in [0.3, 0.4) is 0 Å². The van der Waals surface area contributed by atoms with E-state index in [2.05, 4.69) is 20.4 Å². The van der Waals surface area contributed by atoms with Gasteiger partial charge in [0.15, 0.2) is 5.69 Å². The molecule has 8 nitrogen and oxygen atoms in total. The number of anilines is 1. The van der Waals surface area contributed by atoms with Crippen LogP contribution in [0.25, 0.3) is 10.9 Å². The molecule has 1 aliphatic heterocycles. The first-order chi connectivity index (χ1) is 15.2. The Labute approximate surface area is 181 Å². The monoisotopic (exact) mass is 450 g/mol. The van der Waals surface area contributed by atoms with Crippen molar-refractivity contribution in [1.82, 2.24) is 15.1 Å². The molecule has 0 saturated carbocycles. The van der Waals surface area contributed by atoms with E-state index < -0.39 is 12.1 Å². The number of carboxylic acids is 1. The molecule has 1 fully saturated rings. The molecular formula is C21H21F3N4O4. The van der Waals surface area contributed by atoms with Gasteiger partial charge in [0.1, 0.15) is 0 Å². The van der Waals surface area contributed by atoms with E-state index in [-0.39, 0.29) is 5.91 Å². The van der Waals surface area contributed by atoms with Gasteiger partial charge in [0.2, 0.25) is 0 Å². The summed E-state index contributed by atoms with van der Waals surface area (Å²) < 4.78 is 37.1. The number of rotatable bonds is 4. The van der Waals surface area contributed by atoms with E-state index >= 15 is 0 Å². The number of para-hydroxylation sites is 1. The smallest absolute Gasteiger partial charge is 0.475 e. The lowest BCUT2D eigenvalue weighted by molar-refractivity contribution is -0.192. The predicted octanol–water partition coefficient (Wildman–Crippen LogP) is 3.28. The molecule has 170 valence electrons.